The lowest BCUT2D eigenvalue weighted by Crippen LogP contribution is -2.31. The number of nitrogens with zero attached hydrogens (tertiary/aromatic N) is 2. The van der Waals surface area contributed by atoms with Gasteiger partial charge < -0.3 is 14.8 Å². The number of ether oxygens (including phenoxy) is 2. The zero-order chi connectivity index (χ0) is 21.8. The summed E-state index contributed by atoms with van der Waals surface area (Å²) in [6.07, 6.45) is 1.42. The lowest BCUT2D eigenvalue weighted by molar-refractivity contribution is -0.121. The van der Waals surface area contributed by atoms with Crippen LogP contribution >= 0.6 is 11.3 Å². The van der Waals surface area contributed by atoms with Crippen molar-refractivity contribution in [3.63, 3.8) is 0 Å². The summed E-state index contributed by atoms with van der Waals surface area (Å²) < 4.78 is 12.4. The first-order chi connectivity index (χ1) is 15.1. The van der Waals surface area contributed by atoms with Gasteiger partial charge in [-0.3, -0.25) is 14.2 Å². The summed E-state index contributed by atoms with van der Waals surface area (Å²) in [7, 11) is 3.13. The molecule has 158 valence electrons. The highest BCUT2D eigenvalue weighted by atomic mass is 32.1. The van der Waals surface area contributed by atoms with Gasteiger partial charge in [0.1, 0.15) is 11.2 Å². The van der Waals surface area contributed by atoms with Crippen LogP contribution in [-0.4, -0.2) is 29.7 Å². The SMILES string of the molecule is COc1ccc(CNC(=O)Cn2cnc3cc(-c4ccccc4)sc3c2=O)cc1OC. The molecule has 0 bridgehead atoms. The van der Waals surface area contributed by atoms with Gasteiger partial charge in [0.25, 0.3) is 5.56 Å². The Kier molecular flexibility index (Phi) is 5.99. The summed E-state index contributed by atoms with van der Waals surface area (Å²) in [5.41, 5.74) is 2.30. The molecule has 2 aromatic heterocycles. The Morgan fingerprint density at radius 1 is 1.06 bits per heavy atom. The van der Waals surface area contributed by atoms with Crippen molar-refractivity contribution in [1.29, 1.82) is 0 Å². The topological polar surface area (TPSA) is 82.5 Å². The first-order valence-corrected chi connectivity index (χ1v) is 10.4. The minimum absolute atomic E-state index is 0.104. The van der Waals surface area contributed by atoms with Crippen LogP contribution in [0.5, 0.6) is 11.5 Å². The molecule has 8 heteroatoms. The van der Waals surface area contributed by atoms with E-state index in [2.05, 4.69) is 10.3 Å². The highest BCUT2D eigenvalue weighted by Gasteiger charge is 2.13. The predicted molar refractivity (Wildman–Crippen MR) is 121 cm³/mol. The molecule has 31 heavy (non-hydrogen) atoms. The molecular formula is C23H21N3O4S. The Balaban J connectivity index is 1.47. The highest BCUT2D eigenvalue weighted by molar-refractivity contribution is 7.22. The number of thiophene rings is 1. The number of fused-ring (bicyclic) bond motifs is 1. The Morgan fingerprint density at radius 2 is 1.84 bits per heavy atom. The molecule has 4 rings (SSSR count). The number of aromatic nitrogens is 2. The van der Waals surface area contributed by atoms with Gasteiger partial charge in [0, 0.05) is 11.4 Å². The van der Waals surface area contributed by atoms with E-state index < -0.39 is 0 Å². The van der Waals surface area contributed by atoms with Crippen molar-refractivity contribution in [1.82, 2.24) is 14.9 Å². The van der Waals surface area contributed by atoms with E-state index in [1.54, 1.807) is 26.4 Å². The fraction of sp³-hybridized carbons (Fsp3) is 0.174. The van der Waals surface area contributed by atoms with Gasteiger partial charge in [0.05, 0.1) is 26.1 Å². The van der Waals surface area contributed by atoms with Crippen molar-refractivity contribution in [3.05, 3.63) is 76.8 Å². The Morgan fingerprint density at radius 3 is 2.58 bits per heavy atom. The van der Waals surface area contributed by atoms with Crippen molar-refractivity contribution >= 4 is 27.5 Å². The maximum atomic E-state index is 12.9. The van der Waals surface area contributed by atoms with Gasteiger partial charge in [-0.2, -0.15) is 0 Å². The molecule has 0 radical (unpaired) electrons. The van der Waals surface area contributed by atoms with E-state index in [9.17, 15) is 9.59 Å². The molecule has 0 saturated carbocycles. The van der Waals surface area contributed by atoms with Crippen molar-refractivity contribution < 1.29 is 14.3 Å². The van der Waals surface area contributed by atoms with E-state index in [4.69, 9.17) is 9.47 Å². The van der Waals surface area contributed by atoms with Crippen LogP contribution < -0.4 is 20.3 Å². The van der Waals surface area contributed by atoms with Gasteiger partial charge in [-0.05, 0) is 29.3 Å². The van der Waals surface area contributed by atoms with Gasteiger partial charge in [-0.25, -0.2) is 4.98 Å². The standard InChI is InChI=1S/C23H21N3O4S/c1-29-18-9-8-15(10-19(18)30-2)12-24-21(27)13-26-14-25-17-11-20(31-22(17)23(26)28)16-6-4-3-5-7-16/h3-11,14H,12-13H2,1-2H3,(H,24,27). The Hall–Kier alpha value is -3.65. The predicted octanol–water partition coefficient (Wildman–Crippen LogP) is 3.46. The van der Waals surface area contributed by atoms with Crippen LogP contribution in [0.4, 0.5) is 0 Å². The largest absolute Gasteiger partial charge is 0.493 e. The molecule has 0 fully saturated rings. The molecular weight excluding hydrogens is 414 g/mol. The van der Waals surface area contributed by atoms with E-state index in [1.165, 1.54) is 22.2 Å². The summed E-state index contributed by atoms with van der Waals surface area (Å²) in [4.78, 5) is 30.6. The van der Waals surface area contributed by atoms with Gasteiger partial charge in [-0.15, -0.1) is 11.3 Å². The molecule has 7 nitrogen and oxygen atoms in total. The fourth-order valence-electron chi connectivity index (χ4n) is 3.20. The van der Waals surface area contributed by atoms with E-state index in [1.807, 2.05) is 42.5 Å². The first-order valence-electron chi connectivity index (χ1n) is 9.61. The molecule has 0 saturated heterocycles. The molecule has 0 spiro atoms. The molecule has 0 atom stereocenters. The maximum Gasteiger partial charge on any atom is 0.271 e. The van der Waals surface area contributed by atoms with Crippen LogP contribution in [-0.2, 0) is 17.9 Å². The summed E-state index contributed by atoms with van der Waals surface area (Å²) in [6.45, 7) is 0.203. The van der Waals surface area contributed by atoms with Gasteiger partial charge in [0.15, 0.2) is 11.5 Å². The minimum Gasteiger partial charge on any atom is -0.493 e. The number of hydrogen-bond acceptors (Lipinski definition) is 6. The maximum absolute atomic E-state index is 12.9. The molecule has 0 aliphatic heterocycles. The minimum atomic E-state index is -0.280. The van der Waals surface area contributed by atoms with Crippen LogP contribution in [0.25, 0.3) is 20.7 Å². The van der Waals surface area contributed by atoms with Crippen LogP contribution in [0.3, 0.4) is 0 Å². The lowest BCUT2D eigenvalue weighted by Gasteiger charge is -2.11. The third-order valence-corrected chi connectivity index (χ3v) is 5.98. The monoisotopic (exact) mass is 435 g/mol. The van der Waals surface area contributed by atoms with Crippen molar-refractivity contribution in [2.24, 2.45) is 0 Å². The summed E-state index contributed by atoms with van der Waals surface area (Å²) >= 11 is 1.38. The lowest BCUT2D eigenvalue weighted by atomic mass is 10.2. The highest BCUT2D eigenvalue weighted by Crippen LogP contribution is 2.30. The number of carbonyl (C=O) groups excluding carboxylic acids is 1. The molecule has 2 heterocycles. The van der Waals surface area contributed by atoms with Crippen molar-refractivity contribution in [2.75, 3.05) is 14.2 Å². The zero-order valence-electron chi connectivity index (χ0n) is 17.1. The molecule has 0 aliphatic carbocycles. The molecule has 1 N–H and O–H groups in total. The van der Waals surface area contributed by atoms with E-state index in [0.717, 1.165) is 16.0 Å². The zero-order valence-corrected chi connectivity index (χ0v) is 17.9. The Bertz CT molecular complexity index is 1280. The molecule has 0 unspecified atom stereocenters. The normalized spacial score (nSPS) is 10.8. The summed E-state index contributed by atoms with van der Waals surface area (Å²) in [6, 6.07) is 17.2. The second-order valence-electron chi connectivity index (χ2n) is 6.83. The summed E-state index contributed by atoms with van der Waals surface area (Å²) in [5.74, 6) is 0.930. The second kappa shape index (κ2) is 9.01. The Labute approximate surface area is 182 Å². The van der Waals surface area contributed by atoms with E-state index >= 15 is 0 Å². The number of benzene rings is 2. The molecule has 0 aliphatic rings. The van der Waals surface area contributed by atoms with Crippen molar-refractivity contribution in [3.8, 4) is 21.9 Å². The third kappa shape index (κ3) is 4.44. The third-order valence-electron chi connectivity index (χ3n) is 4.81. The fourth-order valence-corrected chi connectivity index (χ4v) is 4.27. The molecule has 1 amide bonds. The second-order valence-corrected chi connectivity index (χ2v) is 7.89. The van der Waals surface area contributed by atoms with Crippen LogP contribution in [0.1, 0.15) is 5.56 Å². The van der Waals surface area contributed by atoms with Crippen LogP contribution in [0.2, 0.25) is 0 Å². The average Bonchev–Trinajstić information content (AvgIpc) is 3.25. The number of methoxy groups -OCH3 is 2. The van der Waals surface area contributed by atoms with Crippen LogP contribution in [0, 0.1) is 0 Å². The number of carbonyl (C=O) groups is 1. The van der Waals surface area contributed by atoms with Gasteiger partial charge in [0.2, 0.25) is 5.91 Å². The summed E-state index contributed by atoms with van der Waals surface area (Å²) in [5, 5.41) is 2.82. The molecule has 4 aromatic rings. The van der Waals surface area contributed by atoms with Crippen LogP contribution in [0.15, 0.2) is 65.7 Å². The van der Waals surface area contributed by atoms with E-state index in [0.29, 0.717) is 28.3 Å². The number of amides is 1. The number of nitrogens with one attached hydrogen (secondary N) is 1. The quantitative estimate of drug-likeness (QED) is 0.481. The number of hydrogen-bond donors (Lipinski definition) is 1. The van der Waals surface area contributed by atoms with Gasteiger partial charge in [-0.1, -0.05) is 36.4 Å². The first kappa shape index (κ1) is 20.6. The number of rotatable bonds is 7. The van der Waals surface area contributed by atoms with Gasteiger partial charge >= 0.3 is 0 Å². The average molecular weight is 436 g/mol. The van der Waals surface area contributed by atoms with E-state index in [-0.39, 0.29) is 18.0 Å². The smallest absolute Gasteiger partial charge is 0.271 e. The molecule has 2 aromatic carbocycles. The van der Waals surface area contributed by atoms with Crippen molar-refractivity contribution in [2.45, 2.75) is 13.1 Å².